The molecule has 0 bridgehead atoms. The van der Waals surface area contributed by atoms with Gasteiger partial charge in [0.1, 0.15) is 36.6 Å². The molecule has 5 aliphatic carbocycles. The molecule has 53 heavy (non-hydrogen) atoms. The standard InChI is InChI=1S/C41H66O12/c1-20-26(42)27(43)30(46)33(50-20)52-31-28(44)29(45)32(47)53-34(31)51-25-12-13-38(6)23(37(25,4)5)11-14-40(8)24(38)10-9-21-22-19-36(2,3)15-17-41(22,35(48)49)18-16-39(21,40)7/h9,20,22-34,42-47H,10-19H2,1-8H3,(H,48,49). The summed E-state index contributed by atoms with van der Waals surface area (Å²) >= 11 is 0. The van der Waals surface area contributed by atoms with Crippen molar-refractivity contribution in [3.8, 4) is 0 Å². The molecule has 7 aliphatic rings. The van der Waals surface area contributed by atoms with Gasteiger partial charge < -0.3 is 54.7 Å². The smallest absolute Gasteiger partial charge is 0.310 e. The molecule has 0 aromatic heterocycles. The lowest BCUT2D eigenvalue weighted by Crippen LogP contribution is -2.66. The molecule has 0 aromatic rings. The zero-order chi connectivity index (χ0) is 38.8. The lowest BCUT2D eigenvalue weighted by Gasteiger charge is -2.71. The molecule has 18 unspecified atom stereocenters. The second kappa shape index (κ2) is 13.2. The molecule has 4 saturated carbocycles. The van der Waals surface area contributed by atoms with E-state index in [9.17, 15) is 40.5 Å². The lowest BCUT2D eigenvalue weighted by atomic mass is 9.33. The van der Waals surface area contributed by atoms with Crippen LogP contribution in [0.1, 0.15) is 120 Å². The Bertz CT molecular complexity index is 1450. The second-order valence-electron chi connectivity index (χ2n) is 20.3. The fraction of sp³-hybridized carbons (Fsp3) is 0.927. The van der Waals surface area contributed by atoms with Gasteiger partial charge in [-0.3, -0.25) is 4.79 Å². The average Bonchev–Trinajstić information content (AvgIpc) is 3.07. The highest BCUT2D eigenvalue weighted by Gasteiger charge is 2.69. The molecule has 2 heterocycles. The van der Waals surface area contributed by atoms with Crippen LogP contribution in [0.2, 0.25) is 0 Å². The first-order valence-corrected chi connectivity index (χ1v) is 20.2. The third-order valence-corrected chi connectivity index (χ3v) is 16.9. The van der Waals surface area contributed by atoms with E-state index < -0.39 is 73.0 Å². The van der Waals surface area contributed by atoms with E-state index in [-0.39, 0.29) is 45.0 Å². The van der Waals surface area contributed by atoms with Gasteiger partial charge in [-0.15, -0.1) is 0 Å². The van der Waals surface area contributed by atoms with E-state index in [2.05, 4.69) is 54.5 Å². The number of rotatable bonds is 5. The van der Waals surface area contributed by atoms with Gasteiger partial charge in [0, 0.05) is 0 Å². The number of aliphatic carboxylic acids is 1. The van der Waals surface area contributed by atoms with Crippen LogP contribution in [-0.4, -0.2) is 109 Å². The molecular weight excluding hydrogens is 684 g/mol. The normalized spacial score (nSPS) is 54.7. The molecule has 12 heteroatoms. The van der Waals surface area contributed by atoms with Crippen molar-refractivity contribution in [3.63, 3.8) is 0 Å². The number of carboxylic acid groups (broad SMARTS) is 1. The van der Waals surface area contributed by atoms with E-state index in [1.165, 1.54) is 12.5 Å². The minimum absolute atomic E-state index is 0.00968. The minimum atomic E-state index is -1.75. The van der Waals surface area contributed by atoms with E-state index >= 15 is 0 Å². The maximum Gasteiger partial charge on any atom is 0.310 e. The Morgan fingerprint density at radius 3 is 2.09 bits per heavy atom. The fourth-order valence-electron chi connectivity index (χ4n) is 13.4. The molecule has 7 N–H and O–H groups in total. The Kier molecular flexibility index (Phi) is 9.95. The van der Waals surface area contributed by atoms with Gasteiger partial charge in [-0.2, -0.15) is 0 Å². The predicted octanol–water partition coefficient (Wildman–Crippen LogP) is 3.87. The van der Waals surface area contributed by atoms with Crippen LogP contribution in [0.3, 0.4) is 0 Å². The van der Waals surface area contributed by atoms with Crippen molar-refractivity contribution in [1.29, 1.82) is 0 Å². The number of hydrogen-bond acceptors (Lipinski definition) is 11. The highest BCUT2D eigenvalue weighted by molar-refractivity contribution is 5.76. The number of aliphatic hydroxyl groups is 6. The molecule has 0 spiro atoms. The zero-order valence-electron chi connectivity index (χ0n) is 32.9. The largest absolute Gasteiger partial charge is 0.481 e. The molecule has 2 saturated heterocycles. The number of allylic oxidation sites excluding steroid dienone is 2. The molecule has 0 amide bonds. The Balaban J connectivity index is 1.14. The molecular formula is C41H66O12. The monoisotopic (exact) mass is 750 g/mol. The Morgan fingerprint density at radius 1 is 0.736 bits per heavy atom. The van der Waals surface area contributed by atoms with Crippen LogP contribution < -0.4 is 0 Å². The summed E-state index contributed by atoms with van der Waals surface area (Å²) in [5, 5.41) is 74.2. The number of carbonyl (C=O) groups is 1. The van der Waals surface area contributed by atoms with Gasteiger partial charge in [-0.05, 0) is 116 Å². The summed E-state index contributed by atoms with van der Waals surface area (Å²) in [6, 6.07) is 0. The molecule has 18 atom stereocenters. The molecule has 2 aliphatic heterocycles. The summed E-state index contributed by atoms with van der Waals surface area (Å²) in [4.78, 5) is 13.0. The highest BCUT2D eigenvalue weighted by Crippen LogP contribution is 2.76. The van der Waals surface area contributed by atoms with Gasteiger partial charge in [-0.1, -0.05) is 60.1 Å². The van der Waals surface area contributed by atoms with Crippen LogP contribution in [0.15, 0.2) is 11.6 Å². The van der Waals surface area contributed by atoms with Crippen LogP contribution in [0.25, 0.3) is 0 Å². The molecule has 7 rings (SSSR count). The average molecular weight is 751 g/mol. The third kappa shape index (κ3) is 5.85. The number of fused-ring (bicyclic) bond motifs is 7. The third-order valence-electron chi connectivity index (χ3n) is 16.9. The van der Waals surface area contributed by atoms with E-state index in [1.54, 1.807) is 0 Å². The van der Waals surface area contributed by atoms with Crippen molar-refractivity contribution < 1.29 is 59.5 Å². The summed E-state index contributed by atoms with van der Waals surface area (Å²) in [5.41, 5.74) is 0.299. The van der Waals surface area contributed by atoms with Gasteiger partial charge in [0.05, 0.1) is 17.6 Å². The number of carboxylic acids is 1. The van der Waals surface area contributed by atoms with Crippen LogP contribution in [-0.2, 0) is 23.7 Å². The van der Waals surface area contributed by atoms with Crippen LogP contribution in [0.4, 0.5) is 0 Å². The first-order valence-electron chi connectivity index (χ1n) is 20.2. The number of aliphatic hydroxyl groups excluding tert-OH is 6. The van der Waals surface area contributed by atoms with Crippen molar-refractivity contribution >= 4 is 5.97 Å². The second-order valence-corrected chi connectivity index (χ2v) is 20.3. The topological polar surface area (TPSA) is 196 Å². The van der Waals surface area contributed by atoms with Crippen molar-refractivity contribution in [3.05, 3.63) is 11.6 Å². The quantitative estimate of drug-likeness (QED) is 0.159. The first kappa shape index (κ1) is 40.0. The van der Waals surface area contributed by atoms with Gasteiger partial charge in [0.15, 0.2) is 18.9 Å². The van der Waals surface area contributed by atoms with Gasteiger partial charge >= 0.3 is 5.97 Å². The van der Waals surface area contributed by atoms with Crippen LogP contribution in [0, 0.1) is 50.2 Å². The molecule has 12 nitrogen and oxygen atoms in total. The zero-order valence-corrected chi connectivity index (χ0v) is 32.9. The van der Waals surface area contributed by atoms with E-state index in [0.717, 1.165) is 57.8 Å². The molecule has 6 fully saturated rings. The van der Waals surface area contributed by atoms with Gasteiger partial charge in [0.25, 0.3) is 0 Å². The van der Waals surface area contributed by atoms with Gasteiger partial charge in [0.2, 0.25) is 0 Å². The van der Waals surface area contributed by atoms with Crippen LogP contribution >= 0.6 is 0 Å². The van der Waals surface area contributed by atoms with Crippen molar-refractivity contribution in [2.75, 3.05) is 0 Å². The highest BCUT2D eigenvalue weighted by atomic mass is 16.8. The van der Waals surface area contributed by atoms with E-state index in [1.807, 2.05) is 0 Å². The van der Waals surface area contributed by atoms with Crippen LogP contribution in [0.5, 0.6) is 0 Å². The van der Waals surface area contributed by atoms with Crippen molar-refractivity contribution in [2.24, 2.45) is 50.2 Å². The number of hydrogen-bond donors (Lipinski definition) is 7. The maximum atomic E-state index is 13.0. The summed E-state index contributed by atoms with van der Waals surface area (Å²) in [7, 11) is 0. The predicted molar refractivity (Wildman–Crippen MR) is 192 cm³/mol. The molecule has 0 radical (unpaired) electrons. The SMILES string of the molecule is CC1OC(OC2C(OC3CCC4(C)C(CCC5(C)C4CC=C4C6CC(C)(C)CCC6(C(=O)O)CCC45C)C3(C)C)OC(O)C(O)C2O)C(O)C(O)C1O. The van der Waals surface area contributed by atoms with E-state index in [4.69, 9.17) is 18.9 Å². The Morgan fingerprint density at radius 2 is 1.42 bits per heavy atom. The van der Waals surface area contributed by atoms with E-state index in [0.29, 0.717) is 12.3 Å². The minimum Gasteiger partial charge on any atom is -0.481 e. The molecule has 0 aromatic carbocycles. The summed E-state index contributed by atoms with van der Waals surface area (Å²) in [6.07, 6.45) is -4.05. The summed E-state index contributed by atoms with van der Waals surface area (Å²) in [5.74, 6) is 0.0654. The molecule has 302 valence electrons. The number of ether oxygens (including phenoxy) is 4. The lowest BCUT2D eigenvalue weighted by molar-refractivity contribution is -0.394. The fourth-order valence-corrected chi connectivity index (χ4v) is 13.4. The Hall–Kier alpha value is -1.19. The summed E-state index contributed by atoms with van der Waals surface area (Å²) < 4.78 is 24.0. The summed E-state index contributed by atoms with van der Waals surface area (Å²) in [6.45, 7) is 17.9. The Labute approximate surface area is 314 Å². The van der Waals surface area contributed by atoms with Gasteiger partial charge in [-0.25, -0.2) is 0 Å². The van der Waals surface area contributed by atoms with Crippen molar-refractivity contribution in [2.45, 2.75) is 187 Å². The maximum absolute atomic E-state index is 13.0. The first-order chi connectivity index (χ1) is 24.5. The van der Waals surface area contributed by atoms with Crippen molar-refractivity contribution in [1.82, 2.24) is 0 Å².